The summed E-state index contributed by atoms with van der Waals surface area (Å²) in [6, 6.07) is 6.84. The molecule has 4 fully saturated rings. The fraction of sp³-hybridized carbons (Fsp3) is 0.538. The largest absolute Gasteiger partial charge is 0.370 e. The van der Waals surface area contributed by atoms with Crippen LogP contribution < -0.4 is 0 Å². The maximum atomic E-state index is 13.3. The van der Waals surface area contributed by atoms with E-state index in [0.717, 1.165) is 62.7 Å². The highest BCUT2D eigenvalue weighted by Gasteiger charge is 2.50. The van der Waals surface area contributed by atoms with Crippen LogP contribution in [0.4, 0.5) is 8.78 Å². The molecule has 0 unspecified atom stereocenters. The van der Waals surface area contributed by atoms with Gasteiger partial charge in [0.15, 0.2) is 0 Å². The number of rotatable bonds is 8. The first-order valence-electron chi connectivity index (χ1n) is 12.3. The maximum absolute atomic E-state index is 13.3. The molecule has 3 aromatic rings. The SMILES string of the molecule is FC(F)c1ccnn1CC12CCC(OCc3c(-c4c(Cl)cccc4Cl)noc3C3CC3)(CC1)CC2. The van der Waals surface area contributed by atoms with Crippen molar-refractivity contribution >= 4 is 23.2 Å². The third-order valence-electron chi connectivity index (χ3n) is 8.28. The topological polar surface area (TPSA) is 53.1 Å². The van der Waals surface area contributed by atoms with Crippen LogP contribution >= 0.6 is 23.2 Å². The number of alkyl halides is 2. The van der Waals surface area contributed by atoms with Gasteiger partial charge in [-0.1, -0.05) is 34.4 Å². The second-order valence-corrected chi connectivity index (χ2v) is 11.2. The van der Waals surface area contributed by atoms with Crippen molar-refractivity contribution in [3.05, 3.63) is 57.5 Å². The second-order valence-electron chi connectivity index (χ2n) is 10.4. The normalized spacial score (nSPS) is 26.1. The minimum absolute atomic E-state index is 0.00358. The van der Waals surface area contributed by atoms with Gasteiger partial charge in [0, 0.05) is 29.8 Å². The zero-order valence-electron chi connectivity index (χ0n) is 19.3. The molecule has 4 saturated carbocycles. The summed E-state index contributed by atoms with van der Waals surface area (Å²) >= 11 is 13.0. The Morgan fingerprint density at radius 2 is 1.74 bits per heavy atom. The molecule has 2 heterocycles. The van der Waals surface area contributed by atoms with Gasteiger partial charge >= 0.3 is 0 Å². The lowest BCUT2D eigenvalue weighted by atomic mass is 9.58. The molecule has 0 aliphatic heterocycles. The van der Waals surface area contributed by atoms with Crippen molar-refractivity contribution in [1.82, 2.24) is 14.9 Å². The lowest BCUT2D eigenvalue weighted by molar-refractivity contribution is -0.147. The molecule has 0 atom stereocenters. The number of hydrogen-bond acceptors (Lipinski definition) is 4. The minimum Gasteiger partial charge on any atom is -0.370 e. The van der Waals surface area contributed by atoms with E-state index in [-0.39, 0.29) is 16.7 Å². The molecule has 0 amide bonds. The number of benzene rings is 1. The standard InChI is InChI=1S/C26H27Cl2F2N3O2/c27-18-2-1-3-19(28)21(18)22-17(23(35-32-22)16-4-5-16)14-34-26-10-7-25(8-11-26,9-12-26)15-33-20(24(29)30)6-13-31-33/h1-3,6,13,16,24H,4-5,7-12,14-15H2. The second kappa shape index (κ2) is 8.86. The van der Waals surface area contributed by atoms with E-state index in [2.05, 4.69) is 10.3 Å². The first-order valence-corrected chi connectivity index (χ1v) is 13.0. The van der Waals surface area contributed by atoms with Crippen LogP contribution in [0.3, 0.4) is 0 Å². The van der Waals surface area contributed by atoms with Gasteiger partial charge in [0.2, 0.25) is 0 Å². The van der Waals surface area contributed by atoms with E-state index >= 15 is 0 Å². The average Bonchev–Trinajstić information content (AvgIpc) is 3.44. The Morgan fingerprint density at radius 3 is 2.37 bits per heavy atom. The van der Waals surface area contributed by atoms with Gasteiger partial charge in [-0.3, -0.25) is 4.68 Å². The molecule has 2 bridgehead atoms. The van der Waals surface area contributed by atoms with E-state index in [1.54, 1.807) is 12.1 Å². The summed E-state index contributed by atoms with van der Waals surface area (Å²) in [7, 11) is 0. The van der Waals surface area contributed by atoms with Crippen LogP contribution in [0, 0.1) is 5.41 Å². The van der Waals surface area contributed by atoms with Gasteiger partial charge in [-0.05, 0) is 75.0 Å². The summed E-state index contributed by atoms with van der Waals surface area (Å²) < 4.78 is 40.6. The Labute approximate surface area is 212 Å². The van der Waals surface area contributed by atoms with Gasteiger partial charge in [-0.2, -0.15) is 5.10 Å². The third kappa shape index (κ3) is 4.30. The molecule has 7 rings (SSSR count). The zero-order chi connectivity index (χ0) is 24.2. The zero-order valence-corrected chi connectivity index (χ0v) is 20.8. The van der Waals surface area contributed by atoms with E-state index < -0.39 is 6.43 Å². The first kappa shape index (κ1) is 23.4. The third-order valence-corrected chi connectivity index (χ3v) is 8.91. The molecule has 186 valence electrons. The van der Waals surface area contributed by atoms with Crippen LogP contribution in [0.25, 0.3) is 11.3 Å². The van der Waals surface area contributed by atoms with Crippen LogP contribution in [-0.4, -0.2) is 20.5 Å². The van der Waals surface area contributed by atoms with Crippen molar-refractivity contribution in [2.45, 2.75) is 82.5 Å². The lowest BCUT2D eigenvalue weighted by Gasteiger charge is -2.53. The molecule has 9 heteroatoms. The van der Waals surface area contributed by atoms with Gasteiger partial charge in [0.1, 0.15) is 17.1 Å². The Hall–Kier alpha value is -1.96. The van der Waals surface area contributed by atoms with E-state index in [4.69, 9.17) is 32.5 Å². The maximum Gasteiger partial charge on any atom is 0.280 e. The molecule has 1 aromatic carbocycles. The molecule has 0 spiro atoms. The number of nitrogens with zero attached hydrogens (tertiary/aromatic N) is 3. The van der Waals surface area contributed by atoms with Crippen LogP contribution in [0.5, 0.6) is 0 Å². The summed E-state index contributed by atoms with van der Waals surface area (Å²) in [5, 5.41) is 9.63. The monoisotopic (exact) mass is 521 g/mol. The van der Waals surface area contributed by atoms with Crippen LogP contribution in [-0.2, 0) is 17.9 Å². The Morgan fingerprint density at radius 1 is 1.06 bits per heavy atom. The van der Waals surface area contributed by atoms with Crippen molar-refractivity contribution in [3.8, 4) is 11.3 Å². The highest BCUT2D eigenvalue weighted by atomic mass is 35.5. The van der Waals surface area contributed by atoms with Crippen molar-refractivity contribution in [3.63, 3.8) is 0 Å². The molecule has 5 nitrogen and oxygen atoms in total. The number of ether oxygens (including phenoxy) is 1. The summed E-state index contributed by atoms with van der Waals surface area (Å²) in [6.45, 7) is 0.941. The van der Waals surface area contributed by atoms with Crippen molar-refractivity contribution in [1.29, 1.82) is 0 Å². The van der Waals surface area contributed by atoms with Crippen LogP contribution in [0.1, 0.15) is 80.7 Å². The van der Waals surface area contributed by atoms with Gasteiger partial charge in [0.05, 0.1) is 22.3 Å². The summed E-state index contributed by atoms with van der Waals surface area (Å²) in [5.74, 6) is 1.25. The van der Waals surface area contributed by atoms with Crippen molar-refractivity contribution in [2.75, 3.05) is 0 Å². The molecule has 4 aliphatic rings. The average molecular weight is 522 g/mol. The van der Waals surface area contributed by atoms with Gasteiger partial charge in [-0.15, -0.1) is 0 Å². The predicted molar refractivity (Wildman–Crippen MR) is 129 cm³/mol. The van der Waals surface area contributed by atoms with Gasteiger partial charge in [0.25, 0.3) is 6.43 Å². The molecular weight excluding hydrogens is 495 g/mol. The lowest BCUT2D eigenvalue weighted by Crippen LogP contribution is -2.49. The molecule has 2 aromatic heterocycles. The fourth-order valence-electron chi connectivity index (χ4n) is 5.93. The number of fused-ring (bicyclic) bond motifs is 3. The predicted octanol–water partition coefficient (Wildman–Crippen LogP) is 7.97. The smallest absolute Gasteiger partial charge is 0.280 e. The van der Waals surface area contributed by atoms with E-state index in [1.165, 1.54) is 16.9 Å². The first-order chi connectivity index (χ1) is 16.9. The fourth-order valence-corrected chi connectivity index (χ4v) is 6.51. The van der Waals surface area contributed by atoms with Gasteiger partial charge < -0.3 is 9.26 Å². The molecule has 0 N–H and O–H groups in total. The number of aromatic nitrogens is 3. The van der Waals surface area contributed by atoms with E-state index in [1.807, 2.05) is 6.07 Å². The minimum atomic E-state index is -2.51. The Balaban J connectivity index is 1.19. The quantitative estimate of drug-likeness (QED) is 0.301. The molecule has 35 heavy (non-hydrogen) atoms. The highest BCUT2D eigenvalue weighted by Crippen LogP contribution is 2.55. The molecule has 0 saturated heterocycles. The molecule has 0 radical (unpaired) electrons. The number of halogens is 4. The van der Waals surface area contributed by atoms with E-state index in [9.17, 15) is 8.78 Å². The number of hydrogen-bond donors (Lipinski definition) is 0. The van der Waals surface area contributed by atoms with Crippen LogP contribution in [0.2, 0.25) is 10.0 Å². The van der Waals surface area contributed by atoms with Crippen molar-refractivity contribution in [2.24, 2.45) is 5.41 Å². The summed E-state index contributed by atoms with van der Waals surface area (Å²) in [6.07, 6.45) is 6.68. The van der Waals surface area contributed by atoms with Gasteiger partial charge in [-0.25, -0.2) is 8.78 Å². The molecular formula is C26H27Cl2F2N3O2. The summed E-state index contributed by atoms with van der Waals surface area (Å²) in [5.41, 5.74) is 2.09. The Bertz CT molecular complexity index is 1190. The highest BCUT2D eigenvalue weighted by molar-refractivity contribution is 6.39. The van der Waals surface area contributed by atoms with Crippen LogP contribution in [0.15, 0.2) is 35.0 Å². The molecule has 4 aliphatic carbocycles. The summed E-state index contributed by atoms with van der Waals surface area (Å²) in [4.78, 5) is 0. The van der Waals surface area contributed by atoms with E-state index in [0.29, 0.717) is 40.4 Å². The Kier molecular flexibility index (Phi) is 5.93. The van der Waals surface area contributed by atoms with Crippen molar-refractivity contribution < 1.29 is 18.0 Å².